The molecule has 0 spiro atoms. The lowest BCUT2D eigenvalue weighted by atomic mass is 10.0. The smallest absolute Gasteiger partial charge is 0.254 e. The zero-order valence-corrected chi connectivity index (χ0v) is 10.8. The third-order valence-electron chi connectivity index (χ3n) is 2.60. The molecule has 0 fully saturated rings. The molecule has 0 bridgehead atoms. The van der Waals surface area contributed by atoms with Crippen LogP contribution in [0.4, 0.5) is 0 Å². The standard InChI is InChI=1S/C12H22N4O/c1-4-16-8-10(7-14-16)12(17)15-11(6-13)5-9(2)3/h7-9,11H,4-6,13H2,1-3H3,(H,15,17). The van der Waals surface area contributed by atoms with Crippen molar-refractivity contribution in [2.45, 2.75) is 39.8 Å². The molecule has 96 valence electrons. The van der Waals surface area contributed by atoms with E-state index >= 15 is 0 Å². The summed E-state index contributed by atoms with van der Waals surface area (Å²) in [6.07, 6.45) is 4.23. The lowest BCUT2D eigenvalue weighted by Crippen LogP contribution is -2.40. The number of hydrogen-bond acceptors (Lipinski definition) is 3. The van der Waals surface area contributed by atoms with Crippen LogP contribution in [0.1, 0.15) is 37.6 Å². The molecular weight excluding hydrogens is 216 g/mol. The average Bonchev–Trinajstić information content (AvgIpc) is 2.75. The van der Waals surface area contributed by atoms with Crippen LogP contribution in [0.3, 0.4) is 0 Å². The molecule has 5 nitrogen and oxygen atoms in total. The summed E-state index contributed by atoms with van der Waals surface area (Å²) >= 11 is 0. The van der Waals surface area contributed by atoms with Crippen molar-refractivity contribution in [2.24, 2.45) is 11.7 Å². The maximum absolute atomic E-state index is 11.9. The van der Waals surface area contributed by atoms with Gasteiger partial charge in [-0.3, -0.25) is 9.48 Å². The molecule has 0 saturated carbocycles. The quantitative estimate of drug-likeness (QED) is 0.776. The van der Waals surface area contributed by atoms with Gasteiger partial charge in [0.2, 0.25) is 0 Å². The molecule has 3 N–H and O–H groups in total. The highest BCUT2D eigenvalue weighted by Gasteiger charge is 2.14. The number of nitrogens with two attached hydrogens (primary N) is 1. The van der Waals surface area contributed by atoms with Crippen LogP contribution in [0.5, 0.6) is 0 Å². The molecule has 0 aliphatic rings. The normalized spacial score (nSPS) is 12.8. The van der Waals surface area contributed by atoms with Crippen molar-refractivity contribution in [1.82, 2.24) is 15.1 Å². The van der Waals surface area contributed by atoms with Gasteiger partial charge in [0, 0.05) is 25.3 Å². The Hall–Kier alpha value is -1.36. The molecule has 0 aliphatic heterocycles. The van der Waals surface area contributed by atoms with Gasteiger partial charge in [-0.25, -0.2) is 0 Å². The molecule has 1 unspecified atom stereocenters. The summed E-state index contributed by atoms with van der Waals surface area (Å²) in [5.41, 5.74) is 6.23. The van der Waals surface area contributed by atoms with Gasteiger partial charge in [0.15, 0.2) is 0 Å². The second kappa shape index (κ2) is 6.39. The predicted molar refractivity (Wildman–Crippen MR) is 67.7 cm³/mol. The van der Waals surface area contributed by atoms with Gasteiger partial charge >= 0.3 is 0 Å². The largest absolute Gasteiger partial charge is 0.348 e. The van der Waals surface area contributed by atoms with Crippen molar-refractivity contribution in [3.8, 4) is 0 Å². The number of nitrogens with zero attached hydrogens (tertiary/aromatic N) is 2. The molecule has 1 amide bonds. The minimum Gasteiger partial charge on any atom is -0.348 e. The fourth-order valence-electron chi connectivity index (χ4n) is 1.71. The molecule has 5 heteroatoms. The van der Waals surface area contributed by atoms with Crippen molar-refractivity contribution in [3.05, 3.63) is 18.0 Å². The van der Waals surface area contributed by atoms with Crippen LogP contribution in [0.2, 0.25) is 0 Å². The summed E-state index contributed by atoms with van der Waals surface area (Å²) in [5, 5.41) is 7.01. The van der Waals surface area contributed by atoms with E-state index in [1.54, 1.807) is 17.1 Å². The first-order valence-corrected chi connectivity index (χ1v) is 6.10. The van der Waals surface area contributed by atoms with Crippen molar-refractivity contribution >= 4 is 5.91 Å². The van der Waals surface area contributed by atoms with Gasteiger partial charge in [0.1, 0.15) is 0 Å². The highest BCUT2D eigenvalue weighted by molar-refractivity contribution is 5.93. The van der Waals surface area contributed by atoms with Crippen LogP contribution in [0.15, 0.2) is 12.4 Å². The number of carbonyl (C=O) groups is 1. The number of hydrogen-bond donors (Lipinski definition) is 2. The van der Waals surface area contributed by atoms with E-state index < -0.39 is 0 Å². The number of nitrogens with one attached hydrogen (secondary N) is 1. The third kappa shape index (κ3) is 4.19. The summed E-state index contributed by atoms with van der Waals surface area (Å²) in [5.74, 6) is 0.419. The van der Waals surface area contributed by atoms with Crippen LogP contribution in [-0.4, -0.2) is 28.3 Å². The molecule has 1 heterocycles. The number of carbonyl (C=O) groups excluding carboxylic acids is 1. The van der Waals surface area contributed by atoms with E-state index in [4.69, 9.17) is 5.73 Å². The van der Waals surface area contributed by atoms with Crippen LogP contribution in [-0.2, 0) is 6.54 Å². The van der Waals surface area contributed by atoms with Crippen LogP contribution < -0.4 is 11.1 Å². The Balaban J connectivity index is 2.57. The highest BCUT2D eigenvalue weighted by atomic mass is 16.1. The number of aromatic nitrogens is 2. The zero-order chi connectivity index (χ0) is 12.8. The first kappa shape index (κ1) is 13.7. The van der Waals surface area contributed by atoms with E-state index in [9.17, 15) is 4.79 Å². The van der Waals surface area contributed by atoms with E-state index in [0.717, 1.165) is 13.0 Å². The van der Waals surface area contributed by atoms with Gasteiger partial charge in [-0.1, -0.05) is 13.8 Å². The van der Waals surface area contributed by atoms with E-state index in [0.29, 0.717) is 18.0 Å². The summed E-state index contributed by atoms with van der Waals surface area (Å²) in [6.45, 7) is 7.44. The van der Waals surface area contributed by atoms with Crippen molar-refractivity contribution < 1.29 is 4.79 Å². The number of rotatable bonds is 6. The number of amides is 1. The fraction of sp³-hybridized carbons (Fsp3) is 0.667. The van der Waals surface area contributed by atoms with Crippen molar-refractivity contribution in [3.63, 3.8) is 0 Å². The molecule has 0 saturated heterocycles. The highest BCUT2D eigenvalue weighted by Crippen LogP contribution is 2.05. The molecule has 1 aromatic heterocycles. The minimum absolute atomic E-state index is 0.0347. The summed E-state index contributed by atoms with van der Waals surface area (Å²) < 4.78 is 1.73. The van der Waals surface area contributed by atoms with Gasteiger partial charge in [-0.05, 0) is 19.3 Å². The molecule has 1 rings (SSSR count). The average molecular weight is 238 g/mol. The Morgan fingerprint density at radius 2 is 2.29 bits per heavy atom. The SMILES string of the molecule is CCn1cc(C(=O)NC(CN)CC(C)C)cn1. The predicted octanol–water partition coefficient (Wildman–Crippen LogP) is 1.01. The molecule has 17 heavy (non-hydrogen) atoms. The fourth-order valence-corrected chi connectivity index (χ4v) is 1.71. The second-order valence-electron chi connectivity index (χ2n) is 4.62. The third-order valence-corrected chi connectivity index (χ3v) is 2.60. The summed E-state index contributed by atoms with van der Waals surface area (Å²) in [7, 11) is 0. The van der Waals surface area contributed by atoms with Crippen LogP contribution >= 0.6 is 0 Å². The van der Waals surface area contributed by atoms with Crippen molar-refractivity contribution in [1.29, 1.82) is 0 Å². The monoisotopic (exact) mass is 238 g/mol. The first-order chi connectivity index (χ1) is 8.06. The van der Waals surface area contributed by atoms with Gasteiger partial charge < -0.3 is 11.1 Å². The first-order valence-electron chi connectivity index (χ1n) is 6.10. The van der Waals surface area contributed by atoms with E-state index in [2.05, 4.69) is 24.3 Å². The van der Waals surface area contributed by atoms with Crippen LogP contribution in [0, 0.1) is 5.92 Å². The van der Waals surface area contributed by atoms with Gasteiger partial charge in [-0.15, -0.1) is 0 Å². The molecule has 1 atom stereocenters. The lowest BCUT2D eigenvalue weighted by Gasteiger charge is -2.18. The van der Waals surface area contributed by atoms with E-state index in [1.807, 2.05) is 6.92 Å². The molecule has 0 radical (unpaired) electrons. The maximum atomic E-state index is 11.9. The Labute approximate surface area is 102 Å². The molecule has 0 aliphatic carbocycles. The Morgan fingerprint density at radius 1 is 1.59 bits per heavy atom. The Bertz CT molecular complexity index is 359. The van der Waals surface area contributed by atoms with Gasteiger partial charge in [0.05, 0.1) is 11.8 Å². The number of aryl methyl sites for hydroxylation is 1. The van der Waals surface area contributed by atoms with Crippen LogP contribution in [0.25, 0.3) is 0 Å². The van der Waals surface area contributed by atoms with Gasteiger partial charge in [0.25, 0.3) is 5.91 Å². The summed E-state index contributed by atoms with van der Waals surface area (Å²) in [6, 6.07) is 0.0347. The van der Waals surface area contributed by atoms with Crippen molar-refractivity contribution in [2.75, 3.05) is 6.54 Å². The molecular formula is C12H22N4O. The molecule has 0 aromatic carbocycles. The Morgan fingerprint density at radius 3 is 2.76 bits per heavy atom. The maximum Gasteiger partial charge on any atom is 0.254 e. The van der Waals surface area contributed by atoms with Gasteiger partial charge in [-0.2, -0.15) is 5.10 Å². The topological polar surface area (TPSA) is 72.9 Å². The zero-order valence-electron chi connectivity index (χ0n) is 10.8. The van der Waals surface area contributed by atoms with E-state index in [-0.39, 0.29) is 11.9 Å². The molecule has 1 aromatic rings. The Kier molecular flexibility index (Phi) is 5.15. The van der Waals surface area contributed by atoms with E-state index in [1.165, 1.54) is 0 Å². The lowest BCUT2D eigenvalue weighted by molar-refractivity contribution is 0.0933. The second-order valence-corrected chi connectivity index (χ2v) is 4.62. The minimum atomic E-state index is -0.0965. The summed E-state index contributed by atoms with van der Waals surface area (Å²) in [4.78, 5) is 11.9.